The SMILES string of the molecule is CCOc1ccccc1-c1nc(Cl)nc(-n2cccn2)n1. The molecule has 7 heteroatoms. The van der Waals surface area contributed by atoms with Crippen LogP contribution in [0.15, 0.2) is 42.7 Å². The molecule has 0 radical (unpaired) electrons. The molecule has 106 valence electrons. The van der Waals surface area contributed by atoms with Crippen LogP contribution in [-0.4, -0.2) is 31.3 Å². The molecule has 21 heavy (non-hydrogen) atoms. The van der Waals surface area contributed by atoms with Gasteiger partial charge in [-0.3, -0.25) is 0 Å². The monoisotopic (exact) mass is 301 g/mol. The average Bonchev–Trinajstić information content (AvgIpc) is 3.02. The van der Waals surface area contributed by atoms with Crippen molar-refractivity contribution in [3.05, 3.63) is 48.0 Å². The van der Waals surface area contributed by atoms with Crippen LogP contribution in [0.5, 0.6) is 5.75 Å². The van der Waals surface area contributed by atoms with E-state index in [0.29, 0.717) is 24.1 Å². The van der Waals surface area contributed by atoms with Gasteiger partial charge in [0.15, 0.2) is 5.82 Å². The number of hydrogen-bond acceptors (Lipinski definition) is 5. The predicted octanol–water partition coefficient (Wildman–Crippen LogP) is 2.78. The summed E-state index contributed by atoms with van der Waals surface area (Å²) < 4.78 is 7.12. The lowest BCUT2D eigenvalue weighted by Gasteiger charge is -2.09. The Balaban J connectivity index is 2.11. The van der Waals surface area contributed by atoms with E-state index >= 15 is 0 Å². The van der Waals surface area contributed by atoms with Gasteiger partial charge in [0.05, 0.1) is 12.2 Å². The Kier molecular flexibility index (Phi) is 3.79. The zero-order chi connectivity index (χ0) is 14.7. The summed E-state index contributed by atoms with van der Waals surface area (Å²) in [6.45, 7) is 2.48. The predicted molar refractivity (Wildman–Crippen MR) is 78.6 cm³/mol. The highest BCUT2D eigenvalue weighted by molar-refractivity contribution is 6.28. The third kappa shape index (κ3) is 2.85. The topological polar surface area (TPSA) is 65.7 Å². The second kappa shape index (κ2) is 5.88. The number of rotatable bonds is 4. The van der Waals surface area contributed by atoms with Crippen LogP contribution in [0.4, 0.5) is 0 Å². The fourth-order valence-corrected chi connectivity index (χ4v) is 2.04. The molecule has 0 aliphatic carbocycles. The van der Waals surface area contributed by atoms with Gasteiger partial charge in [-0.15, -0.1) is 0 Å². The highest BCUT2D eigenvalue weighted by Gasteiger charge is 2.13. The summed E-state index contributed by atoms with van der Waals surface area (Å²) in [6.07, 6.45) is 3.38. The molecule has 0 atom stereocenters. The Morgan fingerprint density at radius 2 is 2.00 bits per heavy atom. The lowest BCUT2D eigenvalue weighted by atomic mass is 10.2. The molecule has 0 amide bonds. The quantitative estimate of drug-likeness (QED) is 0.741. The maximum Gasteiger partial charge on any atom is 0.255 e. The molecule has 3 aromatic rings. The van der Waals surface area contributed by atoms with E-state index in [4.69, 9.17) is 16.3 Å². The van der Waals surface area contributed by atoms with Crippen LogP contribution >= 0.6 is 11.6 Å². The van der Waals surface area contributed by atoms with Crippen molar-refractivity contribution in [2.45, 2.75) is 6.92 Å². The fraction of sp³-hybridized carbons (Fsp3) is 0.143. The Morgan fingerprint density at radius 3 is 2.76 bits per heavy atom. The summed E-state index contributed by atoms with van der Waals surface area (Å²) in [5.74, 6) is 1.51. The molecule has 6 nitrogen and oxygen atoms in total. The standard InChI is InChI=1S/C14H12ClN5O/c1-2-21-11-7-4-3-6-10(11)12-17-13(15)19-14(18-12)20-9-5-8-16-20/h3-9H,2H2,1H3. The maximum absolute atomic E-state index is 6.00. The minimum Gasteiger partial charge on any atom is -0.493 e. The van der Waals surface area contributed by atoms with Crippen molar-refractivity contribution in [2.75, 3.05) is 6.61 Å². The van der Waals surface area contributed by atoms with E-state index in [-0.39, 0.29) is 5.28 Å². The molecular weight excluding hydrogens is 290 g/mol. The molecule has 0 aliphatic rings. The van der Waals surface area contributed by atoms with E-state index in [9.17, 15) is 0 Å². The van der Waals surface area contributed by atoms with Crippen LogP contribution in [0, 0.1) is 0 Å². The highest BCUT2D eigenvalue weighted by Crippen LogP contribution is 2.28. The Labute approximate surface area is 126 Å². The van der Waals surface area contributed by atoms with Crippen LogP contribution in [0.25, 0.3) is 17.3 Å². The van der Waals surface area contributed by atoms with E-state index in [2.05, 4.69) is 20.1 Å². The normalized spacial score (nSPS) is 10.6. The molecule has 0 aliphatic heterocycles. The molecule has 1 aromatic carbocycles. The van der Waals surface area contributed by atoms with Crippen molar-refractivity contribution < 1.29 is 4.74 Å². The third-order valence-corrected chi connectivity index (χ3v) is 2.90. The minimum absolute atomic E-state index is 0.108. The lowest BCUT2D eigenvalue weighted by molar-refractivity contribution is 0.341. The molecule has 0 saturated heterocycles. The summed E-state index contributed by atoms with van der Waals surface area (Å²) in [7, 11) is 0. The Hall–Kier alpha value is -2.47. The molecule has 0 N–H and O–H groups in total. The van der Waals surface area contributed by atoms with Gasteiger partial charge in [0, 0.05) is 12.4 Å². The number of benzene rings is 1. The zero-order valence-electron chi connectivity index (χ0n) is 11.3. The molecule has 0 spiro atoms. The largest absolute Gasteiger partial charge is 0.493 e. The van der Waals surface area contributed by atoms with Gasteiger partial charge in [0.1, 0.15) is 5.75 Å². The molecule has 3 rings (SSSR count). The number of halogens is 1. The van der Waals surface area contributed by atoms with Crippen molar-refractivity contribution in [3.8, 4) is 23.1 Å². The maximum atomic E-state index is 6.00. The van der Waals surface area contributed by atoms with Gasteiger partial charge in [-0.1, -0.05) is 12.1 Å². The van der Waals surface area contributed by atoms with E-state index < -0.39 is 0 Å². The van der Waals surface area contributed by atoms with Gasteiger partial charge in [0.2, 0.25) is 5.28 Å². The van der Waals surface area contributed by atoms with Gasteiger partial charge in [-0.05, 0) is 36.7 Å². The summed E-state index contributed by atoms with van der Waals surface area (Å²) in [5.41, 5.74) is 0.761. The molecule has 0 unspecified atom stereocenters. The second-order valence-corrected chi connectivity index (χ2v) is 4.45. The zero-order valence-corrected chi connectivity index (χ0v) is 12.0. The molecule has 0 fully saturated rings. The number of hydrogen-bond donors (Lipinski definition) is 0. The first-order valence-corrected chi connectivity index (χ1v) is 6.79. The first kappa shape index (κ1) is 13.5. The summed E-state index contributed by atoms with van der Waals surface area (Å²) in [5, 5.41) is 4.20. The van der Waals surface area contributed by atoms with Crippen LogP contribution < -0.4 is 4.74 Å². The smallest absolute Gasteiger partial charge is 0.255 e. The van der Waals surface area contributed by atoms with Gasteiger partial charge in [-0.25, -0.2) is 4.68 Å². The van der Waals surface area contributed by atoms with E-state index in [1.807, 2.05) is 31.2 Å². The van der Waals surface area contributed by atoms with E-state index in [1.54, 1.807) is 18.5 Å². The highest BCUT2D eigenvalue weighted by atomic mass is 35.5. The van der Waals surface area contributed by atoms with Gasteiger partial charge >= 0.3 is 0 Å². The van der Waals surface area contributed by atoms with Gasteiger partial charge in [0.25, 0.3) is 5.95 Å². The molecule has 0 bridgehead atoms. The van der Waals surface area contributed by atoms with Crippen LogP contribution in [-0.2, 0) is 0 Å². The van der Waals surface area contributed by atoms with E-state index in [1.165, 1.54) is 4.68 Å². The number of para-hydroxylation sites is 1. The first-order valence-electron chi connectivity index (χ1n) is 6.41. The average molecular weight is 302 g/mol. The molecular formula is C14H12ClN5O. The molecule has 2 aromatic heterocycles. The molecule has 2 heterocycles. The van der Waals surface area contributed by atoms with Gasteiger partial charge in [-0.2, -0.15) is 20.1 Å². The van der Waals surface area contributed by atoms with Crippen molar-refractivity contribution in [3.63, 3.8) is 0 Å². The van der Waals surface area contributed by atoms with Crippen LogP contribution in [0.2, 0.25) is 5.28 Å². The van der Waals surface area contributed by atoms with E-state index in [0.717, 1.165) is 5.56 Å². The van der Waals surface area contributed by atoms with Crippen molar-refractivity contribution in [1.29, 1.82) is 0 Å². The van der Waals surface area contributed by atoms with Crippen LogP contribution in [0.1, 0.15) is 6.92 Å². The van der Waals surface area contributed by atoms with Crippen molar-refractivity contribution in [2.24, 2.45) is 0 Å². The Bertz CT molecular complexity index is 745. The minimum atomic E-state index is 0.108. The van der Waals surface area contributed by atoms with Gasteiger partial charge < -0.3 is 4.74 Å². The number of ether oxygens (including phenoxy) is 1. The van der Waals surface area contributed by atoms with Crippen molar-refractivity contribution in [1.82, 2.24) is 24.7 Å². The first-order chi connectivity index (χ1) is 10.3. The lowest BCUT2D eigenvalue weighted by Crippen LogP contribution is -2.05. The second-order valence-electron chi connectivity index (χ2n) is 4.11. The third-order valence-electron chi connectivity index (χ3n) is 2.73. The Morgan fingerprint density at radius 1 is 1.14 bits per heavy atom. The van der Waals surface area contributed by atoms with Crippen LogP contribution in [0.3, 0.4) is 0 Å². The fourth-order valence-electron chi connectivity index (χ4n) is 1.88. The summed E-state index contributed by atoms with van der Waals surface area (Å²) in [4.78, 5) is 12.7. The number of aromatic nitrogens is 5. The summed E-state index contributed by atoms with van der Waals surface area (Å²) in [6, 6.07) is 9.31. The summed E-state index contributed by atoms with van der Waals surface area (Å²) >= 11 is 6.00. The molecule has 0 saturated carbocycles. The number of nitrogens with zero attached hydrogens (tertiary/aromatic N) is 5. The van der Waals surface area contributed by atoms with Crippen molar-refractivity contribution >= 4 is 11.6 Å².